The van der Waals surface area contributed by atoms with Crippen LogP contribution >= 0.6 is 0 Å². The van der Waals surface area contributed by atoms with Gasteiger partial charge in [0.25, 0.3) is 0 Å². The Hall–Kier alpha value is -0.570. The lowest BCUT2D eigenvalue weighted by molar-refractivity contribution is -0.119. The maximum Gasteiger partial charge on any atom is 0.220 e. The topological polar surface area (TPSA) is 49.3 Å². The highest BCUT2D eigenvalue weighted by Gasteiger charge is 2.23. The van der Waals surface area contributed by atoms with Gasteiger partial charge in [0.05, 0.1) is 0 Å². The Morgan fingerprint density at radius 1 is 1.50 bits per heavy atom. The number of carbonyl (C=O) groups excluding carboxylic acids is 1. The molecule has 1 aliphatic heterocycles. The van der Waals surface area contributed by atoms with Crippen LogP contribution in [0.2, 0.25) is 0 Å². The Balaban J connectivity index is 0.000000371. The summed E-state index contributed by atoms with van der Waals surface area (Å²) in [6, 6.07) is 0.391. The fourth-order valence-electron chi connectivity index (χ4n) is 0.924. The molecule has 1 aliphatic rings. The van der Waals surface area contributed by atoms with E-state index < -0.39 is 0 Å². The van der Waals surface area contributed by atoms with E-state index in [0.717, 1.165) is 7.11 Å². The summed E-state index contributed by atoms with van der Waals surface area (Å²) in [4.78, 5) is 10.6. The Morgan fingerprint density at radius 2 is 2.00 bits per heavy atom. The first-order chi connectivity index (χ1) is 4.70. The third kappa shape index (κ3) is 2.35. The van der Waals surface area contributed by atoms with E-state index in [0.29, 0.717) is 18.4 Å². The minimum atomic E-state index is 0.199. The normalized spacial score (nSPS) is 30.6. The van der Waals surface area contributed by atoms with Crippen LogP contribution in [0.15, 0.2) is 0 Å². The first kappa shape index (κ1) is 9.43. The summed E-state index contributed by atoms with van der Waals surface area (Å²) < 4.78 is 0. The van der Waals surface area contributed by atoms with Crippen LogP contribution < -0.4 is 5.32 Å². The van der Waals surface area contributed by atoms with Gasteiger partial charge in [0, 0.05) is 19.6 Å². The molecule has 1 amide bonds. The van der Waals surface area contributed by atoms with E-state index in [9.17, 15) is 4.79 Å². The van der Waals surface area contributed by atoms with E-state index >= 15 is 0 Å². The molecule has 60 valence electrons. The highest BCUT2D eigenvalue weighted by molar-refractivity contribution is 5.78. The summed E-state index contributed by atoms with van der Waals surface area (Å²) in [5.41, 5.74) is 0. The van der Waals surface area contributed by atoms with Gasteiger partial charge < -0.3 is 10.4 Å². The molecule has 0 saturated carbocycles. The number of rotatable bonds is 0. The summed E-state index contributed by atoms with van der Waals surface area (Å²) in [6.07, 6.45) is 0.709. The second-order valence-electron chi connectivity index (χ2n) is 2.54. The van der Waals surface area contributed by atoms with Gasteiger partial charge in [-0.2, -0.15) is 0 Å². The van der Waals surface area contributed by atoms with Gasteiger partial charge in [-0.15, -0.1) is 0 Å². The molecule has 0 aromatic carbocycles. The molecule has 3 nitrogen and oxygen atoms in total. The number of aliphatic hydroxyl groups excluding tert-OH is 1. The average molecular weight is 145 g/mol. The van der Waals surface area contributed by atoms with Crippen LogP contribution in [0.4, 0.5) is 0 Å². The van der Waals surface area contributed by atoms with Gasteiger partial charge in [-0.05, 0) is 12.8 Å². The molecule has 1 fully saturated rings. The summed E-state index contributed by atoms with van der Waals surface area (Å²) >= 11 is 0. The standard InChI is InChI=1S/C6H11NO.CH4O/c1-4-3-6(8)7-5(4)2;1-2/h4-5H,3H2,1-2H3,(H,7,8);2H,1H3/t4-,5+;/m1./s1. The van der Waals surface area contributed by atoms with Crippen LogP contribution in [-0.4, -0.2) is 24.2 Å². The predicted molar refractivity (Wildman–Crippen MR) is 39.5 cm³/mol. The van der Waals surface area contributed by atoms with Crippen LogP contribution in [0.3, 0.4) is 0 Å². The Kier molecular flexibility index (Phi) is 4.03. The van der Waals surface area contributed by atoms with Gasteiger partial charge in [-0.1, -0.05) is 6.92 Å². The van der Waals surface area contributed by atoms with E-state index in [2.05, 4.69) is 12.2 Å². The van der Waals surface area contributed by atoms with Gasteiger partial charge in [0.15, 0.2) is 0 Å². The molecule has 0 bridgehead atoms. The third-order valence-electron chi connectivity index (χ3n) is 1.75. The van der Waals surface area contributed by atoms with Crippen molar-refractivity contribution in [2.75, 3.05) is 7.11 Å². The molecule has 2 atom stereocenters. The minimum absolute atomic E-state index is 0.199. The highest BCUT2D eigenvalue weighted by Crippen LogP contribution is 2.13. The monoisotopic (exact) mass is 145 g/mol. The lowest BCUT2D eigenvalue weighted by atomic mass is 10.1. The fourth-order valence-corrected chi connectivity index (χ4v) is 0.924. The number of hydrogen-bond acceptors (Lipinski definition) is 2. The summed E-state index contributed by atoms with van der Waals surface area (Å²) in [5.74, 6) is 0.729. The van der Waals surface area contributed by atoms with Crippen LogP contribution in [0.25, 0.3) is 0 Å². The first-order valence-corrected chi connectivity index (χ1v) is 3.44. The van der Waals surface area contributed by atoms with E-state index in [1.807, 2.05) is 6.92 Å². The zero-order valence-electron chi connectivity index (χ0n) is 6.72. The molecule has 0 aromatic rings. The van der Waals surface area contributed by atoms with Crippen molar-refractivity contribution in [3.8, 4) is 0 Å². The zero-order valence-corrected chi connectivity index (χ0v) is 6.72. The molecular formula is C7H15NO2. The fraction of sp³-hybridized carbons (Fsp3) is 0.857. The second-order valence-corrected chi connectivity index (χ2v) is 2.54. The first-order valence-electron chi connectivity index (χ1n) is 3.44. The number of amides is 1. The maximum atomic E-state index is 10.6. The molecule has 0 aromatic heterocycles. The quantitative estimate of drug-likeness (QED) is 0.509. The minimum Gasteiger partial charge on any atom is -0.400 e. The SMILES string of the molecule is CO.C[C@@H]1CC(=O)N[C@H]1C. The molecule has 1 rings (SSSR count). The summed E-state index contributed by atoms with van der Waals surface area (Å²) in [7, 11) is 1.00. The molecule has 0 unspecified atom stereocenters. The van der Waals surface area contributed by atoms with Gasteiger partial charge in [-0.3, -0.25) is 4.79 Å². The van der Waals surface area contributed by atoms with Gasteiger partial charge in [0.1, 0.15) is 0 Å². The van der Waals surface area contributed by atoms with Crippen molar-refractivity contribution >= 4 is 5.91 Å². The predicted octanol–water partition coefficient (Wildman–Crippen LogP) is 0.139. The highest BCUT2D eigenvalue weighted by atomic mass is 16.2. The van der Waals surface area contributed by atoms with Crippen molar-refractivity contribution in [2.24, 2.45) is 5.92 Å². The van der Waals surface area contributed by atoms with E-state index in [-0.39, 0.29) is 5.91 Å². The lowest BCUT2D eigenvalue weighted by Gasteiger charge is -2.04. The summed E-state index contributed by atoms with van der Waals surface area (Å²) in [6.45, 7) is 4.12. The smallest absolute Gasteiger partial charge is 0.220 e. The van der Waals surface area contributed by atoms with Crippen LogP contribution in [-0.2, 0) is 4.79 Å². The molecule has 0 aliphatic carbocycles. The Labute approximate surface area is 61.4 Å². The van der Waals surface area contributed by atoms with Crippen molar-refractivity contribution < 1.29 is 9.90 Å². The van der Waals surface area contributed by atoms with Crippen LogP contribution in [0, 0.1) is 5.92 Å². The van der Waals surface area contributed by atoms with Crippen molar-refractivity contribution in [3.05, 3.63) is 0 Å². The zero-order chi connectivity index (χ0) is 8.15. The van der Waals surface area contributed by atoms with E-state index in [4.69, 9.17) is 5.11 Å². The molecular weight excluding hydrogens is 130 g/mol. The Bertz CT molecular complexity index is 102. The van der Waals surface area contributed by atoms with Crippen molar-refractivity contribution in [3.63, 3.8) is 0 Å². The molecule has 1 saturated heterocycles. The Morgan fingerprint density at radius 3 is 2.10 bits per heavy atom. The average Bonchev–Trinajstić information content (AvgIpc) is 2.16. The lowest BCUT2D eigenvalue weighted by Crippen LogP contribution is -2.24. The van der Waals surface area contributed by atoms with Crippen molar-refractivity contribution in [1.29, 1.82) is 0 Å². The van der Waals surface area contributed by atoms with Crippen LogP contribution in [0.1, 0.15) is 20.3 Å². The van der Waals surface area contributed by atoms with E-state index in [1.54, 1.807) is 0 Å². The second kappa shape index (κ2) is 4.28. The number of carbonyl (C=O) groups is 1. The number of aliphatic hydroxyl groups is 1. The van der Waals surface area contributed by atoms with Gasteiger partial charge in [-0.25, -0.2) is 0 Å². The maximum absolute atomic E-state index is 10.6. The van der Waals surface area contributed by atoms with Crippen molar-refractivity contribution in [1.82, 2.24) is 5.32 Å². The largest absolute Gasteiger partial charge is 0.400 e. The van der Waals surface area contributed by atoms with Gasteiger partial charge >= 0.3 is 0 Å². The molecule has 2 N–H and O–H groups in total. The third-order valence-corrected chi connectivity index (χ3v) is 1.75. The van der Waals surface area contributed by atoms with Gasteiger partial charge in [0.2, 0.25) is 5.91 Å². The molecule has 0 spiro atoms. The molecule has 3 heteroatoms. The van der Waals surface area contributed by atoms with E-state index in [1.165, 1.54) is 0 Å². The number of hydrogen-bond donors (Lipinski definition) is 2. The van der Waals surface area contributed by atoms with Crippen LogP contribution in [0.5, 0.6) is 0 Å². The van der Waals surface area contributed by atoms with Crippen molar-refractivity contribution in [2.45, 2.75) is 26.3 Å². The summed E-state index contributed by atoms with van der Waals surface area (Å²) in [5, 5.41) is 9.83. The molecule has 10 heavy (non-hydrogen) atoms. The molecule has 0 radical (unpaired) electrons. The number of nitrogens with one attached hydrogen (secondary N) is 1. The molecule has 1 heterocycles.